The summed E-state index contributed by atoms with van der Waals surface area (Å²) in [5.41, 5.74) is 2.34. The third-order valence-corrected chi connectivity index (χ3v) is 7.93. The molecule has 3 aliphatic heterocycles. The van der Waals surface area contributed by atoms with Crippen LogP contribution in [0.15, 0.2) is 84.9 Å². The minimum absolute atomic E-state index is 0.0183. The molecule has 3 aliphatic rings. The number of anilines is 1. The van der Waals surface area contributed by atoms with E-state index >= 15 is 0 Å². The number of carboxylic acid groups (broad SMARTS) is 2. The SMILES string of the molecule is O=C(O)c1ccc(C(=O)C[N+]23CCC(CC2)[C@@H](OC(=O)[C@H](Nc2ccccc2)c2ccccc2)C3)cc1.O=C([O-])C(F)(F)F. The van der Waals surface area contributed by atoms with E-state index in [0.29, 0.717) is 29.1 Å². The van der Waals surface area contributed by atoms with Crippen molar-refractivity contribution in [1.82, 2.24) is 0 Å². The average molecular weight is 613 g/mol. The molecular formula is C32H31F3N2O7. The number of ether oxygens (including phenoxy) is 1. The van der Waals surface area contributed by atoms with Gasteiger partial charge in [-0.2, -0.15) is 13.2 Å². The van der Waals surface area contributed by atoms with Crippen molar-refractivity contribution in [1.29, 1.82) is 0 Å². The molecule has 3 fully saturated rings. The number of nitrogens with one attached hydrogen (secondary N) is 1. The van der Waals surface area contributed by atoms with E-state index in [4.69, 9.17) is 19.7 Å². The number of alkyl halides is 3. The van der Waals surface area contributed by atoms with Crippen molar-refractivity contribution in [2.45, 2.75) is 31.2 Å². The first-order valence-corrected chi connectivity index (χ1v) is 13.9. The number of piperidine rings is 3. The highest BCUT2D eigenvalue weighted by Crippen LogP contribution is 2.37. The van der Waals surface area contributed by atoms with E-state index in [2.05, 4.69) is 5.32 Å². The van der Waals surface area contributed by atoms with Crippen LogP contribution in [-0.4, -0.2) is 71.7 Å². The highest BCUT2D eigenvalue weighted by atomic mass is 19.4. The molecule has 6 rings (SSSR count). The Hall–Kier alpha value is -4.71. The van der Waals surface area contributed by atoms with Crippen LogP contribution in [0, 0.1) is 5.92 Å². The lowest BCUT2D eigenvalue weighted by atomic mass is 9.82. The van der Waals surface area contributed by atoms with Crippen molar-refractivity contribution in [3.8, 4) is 0 Å². The number of halogens is 3. The van der Waals surface area contributed by atoms with Crippen molar-refractivity contribution in [2.24, 2.45) is 5.92 Å². The molecule has 2 N–H and O–H groups in total. The fourth-order valence-electron chi connectivity index (χ4n) is 5.61. The third kappa shape index (κ3) is 8.22. The van der Waals surface area contributed by atoms with Crippen LogP contribution in [0.3, 0.4) is 0 Å². The number of quaternary nitrogens is 1. The largest absolute Gasteiger partial charge is 0.542 e. The van der Waals surface area contributed by atoms with Gasteiger partial charge < -0.3 is 29.5 Å². The highest BCUT2D eigenvalue weighted by molar-refractivity contribution is 5.98. The van der Waals surface area contributed by atoms with E-state index in [-0.39, 0.29) is 23.4 Å². The molecule has 44 heavy (non-hydrogen) atoms. The van der Waals surface area contributed by atoms with Gasteiger partial charge in [0.2, 0.25) is 5.78 Å². The Kier molecular flexibility index (Phi) is 10.0. The molecule has 12 heteroatoms. The number of nitrogens with zero attached hydrogens (tertiary/aromatic N) is 1. The van der Waals surface area contributed by atoms with Crippen LogP contribution in [0.4, 0.5) is 18.9 Å². The molecule has 0 unspecified atom stereocenters. The molecule has 3 aromatic carbocycles. The molecule has 0 radical (unpaired) electrons. The number of Topliss-reactive ketones (excluding diaryl/α,β-unsaturated/α-hetero) is 1. The molecule has 3 saturated heterocycles. The van der Waals surface area contributed by atoms with E-state index in [1.807, 2.05) is 60.7 Å². The maximum absolute atomic E-state index is 13.5. The molecule has 2 atom stereocenters. The summed E-state index contributed by atoms with van der Waals surface area (Å²) >= 11 is 0. The molecule has 0 saturated carbocycles. The Morgan fingerprint density at radius 2 is 1.41 bits per heavy atom. The molecule has 232 valence electrons. The molecule has 0 aliphatic carbocycles. The lowest BCUT2D eigenvalue weighted by Crippen LogP contribution is -2.65. The molecule has 0 aromatic heterocycles. The van der Waals surface area contributed by atoms with Crippen LogP contribution >= 0.6 is 0 Å². The monoisotopic (exact) mass is 612 g/mol. The summed E-state index contributed by atoms with van der Waals surface area (Å²) in [7, 11) is 0. The van der Waals surface area contributed by atoms with Gasteiger partial charge in [-0.1, -0.05) is 60.7 Å². The Balaban J connectivity index is 0.000000566. The van der Waals surface area contributed by atoms with Gasteiger partial charge in [-0.3, -0.25) is 4.79 Å². The summed E-state index contributed by atoms with van der Waals surface area (Å²) in [5.74, 6) is -4.06. The second-order valence-electron chi connectivity index (χ2n) is 10.9. The molecule has 3 aromatic rings. The zero-order valence-corrected chi connectivity index (χ0v) is 23.5. The number of aromatic carboxylic acids is 1. The topological polar surface area (TPSA) is 133 Å². The van der Waals surface area contributed by atoms with Crippen molar-refractivity contribution < 1.29 is 51.8 Å². The number of benzene rings is 3. The van der Waals surface area contributed by atoms with Gasteiger partial charge in [0, 0.05) is 30.0 Å². The average Bonchev–Trinajstić information content (AvgIpc) is 3.01. The number of ketones is 1. The molecule has 3 heterocycles. The zero-order valence-electron chi connectivity index (χ0n) is 23.5. The lowest BCUT2D eigenvalue weighted by molar-refractivity contribution is -0.938. The summed E-state index contributed by atoms with van der Waals surface area (Å²) in [6.07, 6.45) is -3.63. The highest BCUT2D eigenvalue weighted by Gasteiger charge is 2.49. The Labute approximate surface area is 251 Å². The second-order valence-corrected chi connectivity index (χ2v) is 10.9. The van der Waals surface area contributed by atoms with E-state index in [1.54, 1.807) is 12.1 Å². The lowest BCUT2D eigenvalue weighted by Gasteiger charge is -2.51. The Morgan fingerprint density at radius 1 is 0.886 bits per heavy atom. The quantitative estimate of drug-likeness (QED) is 0.212. The summed E-state index contributed by atoms with van der Waals surface area (Å²) in [6.45, 7) is 2.68. The molecule has 2 bridgehead atoms. The first-order valence-electron chi connectivity index (χ1n) is 13.9. The Morgan fingerprint density at radius 3 is 1.93 bits per heavy atom. The first kappa shape index (κ1) is 32.2. The molecular weight excluding hydrogens is 581 g/mol. The number of carbonyl (C=O) groups is 4. The number of aliphatic carboxylic acids is 1. The maximum atomic E-state index is 13.5. The van der Waals surface area contributed by atoms with Crippen molar-refractivity contribution in [2.75, 3.05) is 31.5 Å². The number of rotatable bonds is 9. The van der Waals surface area contributed by atoms with Gasteiger partial charge in [0.05, 0.1) is 18.7 Å². The van der Waals surface area contributed by atoms with Gasteiger partial charge in [-0.25, -0.2) is 9.59 Å². The number of hydrogen-bond donors (Lipinski definition) is 2. The van der Waals surface area contributed by atoms with Crippen molar-refractivity contribution >= 4 is 29.4 Å². The number of carbonyl (C=O) groups excluding carboxylic acids is 3. The fourth-order valence-corrected chi connectivity index (χ4v) is 5.61. The van der Waals surface area contributed by atoms with E-state index < -0.39 is 24.2 Å². The maximum Gasteiger partial charge on any atom is 0.430 e. The predicted molar refractivity (Wildman–Crippen MR) is 150 cm³/mol. The number of hydrogen-bond acceptors (Lipinski definition) is 7. The molecule has 0 amide bonds. The van der Waals surface area contributed by atoms with Crippen LogP contribution in [-0.2, 0) is 14.3 Å². The smallest absolute Gasteiger partial charge is 0.430 e. The summed E-state index contributed by atoms with van der Waals surface area (Å²) in [6, 6.07) is 24.6. The van der Waals surface area contributed by atoms with Gasteiger partial charge in [-0.15, -0.1) is 0 Å². The van der Waals surface area contributed by atoms with Crippen LogP contribution < -0.4 is 10.4 Å². The molecule has 0 spiro atoms. The van der Waals surface area contributed by atoms with Gasteiger partial charge >= 0.3 is 18.1 Å². The van der Waals surface area contributed by atoms with Gasteiger partial charge in [0.15, 0.2) is 12.1 Å². The van der Waals surface area contributed by atoms with Crippen molar-refractivity contribution in [3.05, 3.63) is 102 Å². The number of carboxylic acids is 2. The van der Waals surface area contributed by atoms with Crippen LogP contribution in [0.25, 0.3) is 0 Å². The standard InChI is InChI=1S/C30H30N2O5.C2HF3O2/c33-26(21-11-13-24(14-12-21)29(34)35)19-32-17-15-22(16-18-32)27(20-32)37-30(36)28(23-7-3-1-4-8-23)31-25-9-5-2-6-10-25;3-2(4,5)1(6)7/h1-14,22,27-28,31H,15-20H2;(H,6,7)/t22?,27-,28+,32?;/m0./s1. The Bertz CT molecular complexity index is 1460. The number of para-hydroxylation sites is 1. The van der Waals surface area contributed by atoms with Gasteiger partial charge in [-0.05, 0) is 29.8 Å². The minimum Gasteiger partial charge on any atom is -0.542 e. The first-order chi connectivity index (χ1) is 20.9. The number of esters is 1. The van der Waals surface area contributed by atoms with Crippen molar-refractivity contribution in [3.63, 3.8) is 0 Å². The fraction of sp³-hybridized carbons (Fsp3) is 0.312. The predicted octanol–water partition coefficient (Wildman–Crippen LogP) is 3.87. The van der Waals surface area contributed by atoms with E-state index in [9.17, 15) is 27.6 Å². The third-order valence-electron chi connectivity index (χ3n) is 7.93. The van der Waals surface area contributed by atoms with Crippen LogP contribution in [0.5, 0.6) is 0 Å². The van der Waals surface area contributed by atoms with Crippen LogP contribution in [0.1, 0.15) is 45.2 Å². The minimum atomic E-state index is -5.19. The van der Waals surface area contributed by atoms with E-state index in [1.165, 1.54) is 12.1 Å². The normalized spacial score (nSPS) is 21.2. The van der Waals surface area contributed by atoms with E-state index in [0.717, 1.165) is 37.2 Å². The number of fused-ring (bicyclic) bond motifs is 3. The van der Waals surface area contributed by atoms with Gasteiger partial charge in [0.25, 0.3) is 0 Å². The van der Waals surface area contributed by atoms with Crippen LogP contribution in [0.2, 0.25) is 0 Å². The van der Waals surface area contributed by atoms with Gasteiger partial charge in [0.1, 0.15) is 19.1 Å². The summed E-state index contributed by atoms with van der Waals surface area (Å²) < 4.78 is 38.3. The summed E-state index contributed by atoms with van der Waals surface area (Å²) in [4.78, 5) is 46.6. The summed E-state index contributed by atoms with van der Waals surface area (Å²) in [5, 5.41) is 21.2. The second kappa shape index (κ2) is 13.7. The zero-order chi connectivity index (χ0) is 31.9. The molecule has 9 nitrogen and oxygen atoms in total.